The van der Waals surface area contributed by atoms with E-state index in [1.54, 1.807) is 31.9 Å². The molecule has 37 heavy (non-hydrogen) atoms. The molecule has 3 aromatic rings. The molecule has 6 rings (SSSR count). The van der Waals surface area contributed by atoms with Gasteiger partial charge in [-0.25, -0.2) is 9.97 Å². The molecule has 2 unspecified atom stereocenters. The minimum atomic E-state index is -0.916. The summed E-state index contributed by atoms with van der Waals surface area (Å²) in [6.07, 6.45) is 11.2. The van der Waals surface area contributed by atoms with Crippen LogP contribution in [0.4, 0.5) is 5.82 Å². The summed E-state index contributed by atoms with van der Waals surface area (Å²) in [6, 6.07) is 3.83. The number of pyridine rings is 2. The van der Waals surface area contributed by atoms with Crippen LogP contribution in [0.2, 0.25) is 0 Å². The molecule has 2 atom stereocenters. The number of anilines is 1. The van der Waals surface area contributed by atoms with Gasteiger partial charge in [-0.15, -0.1) is 0 Å². The number of β-amino-alcohol motifs (C(OH)–C–C–N with tert-alkyl or cyclic N) is 1. The van der Waals surface area contributed by atoms with Crippen LogP contribution in [-0.4, -0.2) is 88.0 Å². The number of rotatable bonds is 7. The van der Waals surface area contributed by atoms with Crippen molar-refractivity contribution in [2.75, 3.05) is 44.7 Å². The van der Waals surface area contributed by atoms with Crippen LogP contribution < -0.4 is 9.64 Å². The number of ether oxygens (including phenoxy) is 2. The van der Waals surface area contributed by atoms with Gasteiger partial charge in [0.1, 0.15) is 23.3 Å². The number of nitrogens with zero attached hydrogens (tertiary/aromatic N) is 6. The van der Waals surface area contributed by atoms with Crippen LogP contribution in [0.25, 0.3) is 22.3 Å². The molecule has 3 fully saturated rings. The van der Waals surface area contributed by atoms with Crippen molar-refractivity contribution in [1.29, 1.82) is 0 Å². The fourth-order valence-corrected chi connectivity index (χ4v) is 6.24. The second kappa shape index (κ2) is 9.50. The number of methoxy groups -OCH3 is 1. The van der Waals surface area contributed by atoms with Crippen molar-refractivity contribution in [2.24, 2.45) is 5.41 Å². The maximum absolute atomic E-state index is 10.9. The lowest BCUT2D eigenvalue weighted by Gasteiger charge is -2.46. The Kier molecular flexibility index (Phi) is 6.16. The minimum absolute atomic E-state index is 0.222. The summed E-state index contributed by atoms with van der Waals surface area (Å²) in [5, 5.41) is 11.8. The van der Waals surface area contributed by atoms with E-state index in [0.717, 1.165) is 74.1 Å². The highest BCUT2D eigenvalue weighted by atomic mass is 16.5. The molecule has 10 heteroatoms. The predicted molar refractivity (Wildman–Crippen MR) is 137 cm³/mol. The van der Waals surface area contributed by atoms with Crippen molar-refractivity contribution in [3.05, 3.63) is 36.9 Å². The number of hydrogen-bond acceptors (Lipinski definition) is 10. The summed E-state index contributed by atoms with van der Waals surface area (Å²) in [6.45, 7) is 4.69. The third-order valence-electron chi connectivity index (χ3n) is 8.51. The van der Waals surface area contributed by atoms with Crippen LogP contribution >= 0.6 is 0 Å². The van der Waals surface area contributed by atoms with E-state index in [1.807, 2.05) is 12.1 Å². The molecule has 5 heterocycles. The number of aliphatic hydroxyl groups is 1. The van der Waals surface area contributed by atoms with Crippen LogP contribution in [0.15, 0.2) is 36.9 Å². The summed E-state index contributed by atoms with van der Waals surface area (Å²) in [7, 11) is 1.65. The summed E-state index contributed by atoms with van der Waals surface area (Å²) in [5.41, 5.74) is 0.970. The van der Waals surface area contributed by atoms with Gasteiger partial charge in [0.2, 0.25) is 0 Å². The van der Waals surface area contributed by atoms with Crippen molar-refractivity contribution >= 4 is 23.2 Å². The van der Waals surface area contributed by atoms with Gasteiger partial charge in [-0.3, -0.25) is 19.7 Å². The molecule has 1 N–H and O–H groups in total. The molecule has 3 aliphatic rings. The molecule has 2 saturated heterocycles. The van der Waals surface area contributed by atoms with E-state index in [2.05, 4.69) is 19.8 Å². The largest absolute Gasteiger partial charge is 0.494 e. The smallest absolute Gasteiger partial charge is 0.293 e. The molecular weight excluding hydrogens is 472 g/mol. The summed E-state index contributed by atoms with van der Waals surface area (Å²) >= 11 is 0. The third-order valence-corrected chi connectivity index (χ3v) is 8.51. The maximum atomic E-state index is 10.9. The Bertz CT molecular complexity index is 1280. The Morgan fingerprint density at radius 1 is 1.08 bits per heavy atom. The fraction of sp³-hybridized carbons (Fsp3) is 0.519. The number of carbonyl (C=O) groups excluding carboxylic acids is 1. The number of fused-ring (bicyclic) bond motifs is 1. The monoisotopic (exact) mass is 504 g/mol. The van der Waals surface area contributed by atoms with E-state index in [-0.39, 0.29) is 11.5 Å². The van der Waals surface area contributed by atoms with Crippen LogP contribution in [0.3, 0.4) is 0 Å². The Morgan fingerprint density at radius 3 is 2.57 bits per heavy atom. The average Bonchev–Trinajstić information content (AvgIpc) is 3.32. The van der Waals surface area contributed by atoms with Gasteiger partial charge in [0.15, 0.2) is 5.82 Å². The molecular formula is C27H32N6O4. The highest BCUT2D eigenvalue weighted by Gasteiger charge is 2.50. The molecule has 0 aromatic carbocycles. The first kappa shape index (κ1) is 24.0. The lowest BCUT2D eigenvalue weighted by atomic mass is 9.76. The molecule has 2 aliphatic heterocycles. The van der Waals surface area contributed by atoms with Crippen molar-refractivity contribution in [1.82, 2.24) is 24.8 Å². The third kappa shape index (κ3) is 4.38. The Balaban J connectivity index is 1.22. The number of carbonyl (C=O) groups is 1. The molecule has 0 bridgehead atoms. The average molecular weight is 505 g/mol. The van der Waals surface area contributed by atoms with E-state index < -0.39 is 5.60 Å². The molecule has 0 radical (unpaired) electrons. The summed E-state index contributed by atoms with van der Waals surface area (Å²) < 4.78 is 10.8. The van der Waals surface area contributed by atoms with Crippen molar-refractivity contribution in [3.8, 4) is 17.1 Å². The van der Waals surface area contributed by atoms with Crippen molar-refractivity contribution in [2.45, 2.75) is 43.8 Å². The second-order valence-corrected chi connectivity index (χ2v) is 10.7. The van der Waals surface area contributed by atoms with E-state index in [0.29, 0.717) is 31.0 Å². The second-order valence-electron chi connectivity index (χ2n) is 10.7. The normalized spacial score (nSPS) is 25.2. The minimum Gasteiger partial charge on any atom is -0.494 e. The molecule has 1 saturated carbocycles. The van der Waals surface area contributed by atoms with Crippen molar-refractivity contribution < 1.29 is 19.4 Å². The maximum Gasteiger partial charge on any atom is 0.293 e. The highest BCUT2D eigenvalue weighted by molar-refractivity contribution is 5.95. The van der Waals surface area contributed by atoms with Crippen LogP contribution in [0, 0.1) is 5.41 Å². The van der Waals surface area contributed by atoms with Gasteiger partial charge in [0, 0.05) is 44.1 Å². The van der Waals surface area contributed by atoms with Gasteiger partial charge in [0.05, 0.1) is 30.4 Å². The quantitative estimate of drug-likeness (QED) is 0.481. The van der Waals surface area contributed by atoms with E-state index in [1.165, 1.54) is 0 Å². The predicted octanol–water partition coefficient (Wildman–Crippen LogP) is 2.45. The topological polar surface area (TPSA) is 114 Å². The molecule has 3 aromatic heterocycles. The summed E-state index contributed by atoms with van der Waals surface area (Å²) in [4.78, 5) is 33.7. The molecule has 1 spiro atoms. The van der Waals surface area contributed by atoms with Crippen molar-refractivity contribution in [3.63, 3.8) is 0 Å². The number of piperidine rings is 1. The van der Waals surface area contributed by atoms with Crippen LogP contribution in [0.1, 0.15) is 32.1 Å². The Morgan fingerprint density at radius 2 is 1.86 bits per heavy atom. The van der Waals surface area contributed by atoms with Gasteiger partial charge in [-0.05, 0) is 56.2 Å². The first-order valence-corrected chi connectivity index (χ1v) is 12.9. The molecule has 1 aliphatic carbocycles. The van der Waals surface area contributed by atoms with Crippen LogP contribution in [-0.2, 0) is 9.53 Å². The number of hydrogen-bond donors (Lipinski definition) is 1. The summed E-state index contributed by atoms with van der Waals surface area (Å²) in [5.74, 6) is 2.19. The first-order chi connectivity index (χ1) is 18.0. The lowest BCUT2D eigenvalue weighted by Crippen LogP contribution is -2.59. The van der Waals surface area contributed by atoms with Gasteiger partial charge >= 0.3 is 0 Å². The zero-order valence-corrected chi connectivity index (χ0v) is 21.0. The van der Waals surface area contributed by atoms with E-state index in [9.17, 15) is 9.90 Å². The first-order valence-electron chi connectivity index (χ1n) is 12.9. The molecule has 0 amide bonds. The van der Waals surface area contributed by atoms with Gasteiger partial charge < -0.3 is 19.5 Å². The van der Waals surface area contributed by atoms with Crippen LogP contribution in [0.5, 0.6) is 5.75 Å². The Labute approximate surface area is 215 Å². The number of aromatic nitrogens is 4. The van der Waals surface area contributed by atoms with Gasteiger partial charge in [-0.1, -0.05) is 0 Å². The molecule has 194 valence electrons. The zero-order chi connectivity index (χ0) is 25.5. The lowest BCUT2D eigenvalue weighted by molar-refractivity contribution is -0.182. The number of likely N-dealkylation sites (tertiary alicyclic amines) is 1. The van der Waals surface area contributed by atoms with Gasteiger partial charge in [0.25, 0.3) is 6.47 Å². The molecule has 10 nitrogen and oxygen atoms in total. The van der Waals surface area contributed by atoms with Gasteiger partial charge in [-0.2, -0.15) is 0 Å². The SMILES string of the molecule is COc1cncc2nc(-c3ccncc3)nc(N3CCC4(CCN(CC5(O)CCC5OC=O)C4)CC3)c12. The van der Waals surface area contributed by atoms with E-state index in [4.69, 9.17) is 19.4 Å². The Hall–Kier alpha value is -3.37. The zero-order valence-electron chi connectivity index (χ0n) is 21.0. The fourth-order valence-electron chi connectivity index (χ4n) is 6.24. The highest BCUT2D eigenvalue weighted by Crippen LogP contribution is 2.44. The standard InChI is InChI=1S/C27H32N6O4/c1-36-21-15-29-14-20-23(21)25(31-24(30-20)19-3-9-28-10-4-19)33-12-7-26(8-13-33)6-11-32(16-26)17-27(35)5-2-22(27)37-18-34/h3-4,9-10,14-15,18,22,35H,2,5-8,11-13,16-17H2,1H3. The van der Waals surface area contributed by atoms with E-state index >= 15 is 0 Å².